The van der Waals surface area contributed by atoms with Gasteiger partial charge in [-0.2, -0.15) is 0 Å². The molecule has 1 rings (SSSR count). The lowest BCUT2D eigenvalue weighted by molar-refractivity contribution is -0.146. The molecule has 0 spiro atoms. The van der Waals surface area contributed by atoms with E-state index in [0.717, 1.165) is 0 Å². The van der Waals surface area contributed by atoms with E-state index < -0.39 is 29.7 Å². The molecule has 3 unspecified atom stereocenters. The van der Waals surface area contributed by atoms with Gasteiger partial charge in [-0.1, -0.05) is 32.9 Å². The Morgan fingerprint density at radius 3 is 2.12 bits per heavy atom. The van der Waals surface area contributed by atoms with Gasteiger partial charge in [0.25, 0.3) is 0 Å². The maximum Gasteiger partial charge on any atom is 0.408 e. The number of phenols is 1. The first-order chi connectivity index (χ1) is 15.2. The van der Waals surface area contributed by atoms with E-state index in [1.165, 1.54) is 17.0 Å². The van der Waals surface area contributed by atoms with Crippen LogP contribution in [0.4, 0.5) is 4.79 Å². The standard InChI is InChI=1S/C25H41N3O5/c1-10-17(6)28(23(31)20(15(2)3)27-24(32)33-25(7,8)9)21(22(30)26-16(4)5)18-12-11-13-19(29)14-18/h11-17,20-21,29H,10H2,1-9H3,(H,26,30)(H,27,32). The summed E-state index contributed by atoms with van der Waals surface area (Å²) in [4.78, 5) is 41.2. The van der Waals surface area contributed by atoms with Crippen molar-refractivity contribution in [3.05, 3.63) is 29.8 Å². The molecule has 0 fully saturated rings. The first kappa shape index (κ1) is 28.3. The highest BCUT2D eigenvalue weighted by Crippen LogP contribution is 2.29. The summed E-state index contributed by atoms with van der Waals surface area (Å²) in [5, 5.41) is 15.6. The van der Waals surface area contributed by atoms with Gasteiger partial charge in [0.1, 0.15) is 23.4 Å². The SMILES string of the molecule is CCC(C)N(C(=O)C(NC(=O)OC(C)(C)C)C(C)C)C(C(=O)NC(C)C)c1cccc(O)c1. The molecule has 0 radical (unpaired) electrons. The first-order valence-electron chi connectivity index (χ1n) is 11.6. The number of alkyl carbamates (subject to hydrolysis) is 1. The molecule has 33 heavy (non-hydrogen) atoms. The Morgan fingerprint density at radius 1 is 1.06 bits per heavy atom. The van der Waals surface area contributed by atoms with Gasteiger partial charge in [-0.3, -0.25) is 9.59 Å². The zero-order valence-corrected chi connectivity index (χ0v) is 21.4. The van der Waals surface area contributed by atoms with E-state index in [0.29, 0.717) is 12.0 Å². The number of amides is 3. The van der Waals surface area contributed by atoms with Gasteiger partial charge in [-0.25, -0.2) is 4.79 Å². The minimum absolute atomic E-state index is 0.00122. The van der Waals surface area contributed by atoms with E-state index in [4.69, 9.17) is 4.74 Å². The summed E-state index contributed by atoms with van der Waals surface area (Å²) < 4.78 is 5.36. The molecule has 0 bridgehead atoms. The van der Waals surface area contributed by atoms with Crippen molar-refractivity contribution in [2.24, 2.45) is 5.92 Å². The third-order valence-electron chi connectivity index (χ3n) is 5.07. The topological polar surface area (TPSA) is 108 Å². The average Bonchev–Trinajstić information content (AvgIpc) is 2.66. The Kier molecular flexibility index (Phi) is 10.2. The predicted molar refractivity (Wildman–Crippen MR) is 129 cm³/mol. The van der Waals surface area contributed by atoms with Crippen LogP contribution >= 0.6 is 0 Å². The number of rotatable bonds is 9. The van der Waals surface area contributed by atoms with Crippen LogP contribution in [0.2, 0.25) is 0 Å². The van der Waals surface area contributed by atoms with Gasteiger partial charge in [-0.15, -0.1) is 0 Å². The third-order valence-corrected chi connectivity index (χ3v) is 5.07. The van der Waals surface area contributed by atoms with Crippen molar-refractivity contribution < 1.29 is 24.2 Å². The van der Waals surface area contributed by atoms with Gasteiger partial charge >= 0.3 is 6.09 Å². The van der Waals surface area contributed by atoms with Crippen molar-refractivity contribution in [1.29, 1.82) is 0 Å². The van der Waals surface area contributed by atoms with E-state index in [2.05, 4.69) is 10.6 Å². The van der Waals surface area contributed by atoms with Crippen molar-refractivity contribution >= 4 is 17.9 Å². The number of hydrogen-bond acceptors (Lipinski definition) is 5. The molecule has 3 amide bonds. The van der Waals surface area contributed by atoms with Gasteiger partial charge < -0.3 is 25.4 Å². The van der Waals surface area contributed by atoms with Crippen LogP contribution in [-0.4, -0.2) is 51.6 Å². The summed E-state index contributed by atoms with van der Waals surface area (Å²) in [7, 11) is 0. The number of carbonyl (C=O) groups excluding carboxylic acids is 3. The van der Waals surface area contributed by atoms with E-state index in [-0.39, 0.29) is 29.7 Å². The van der Waals surface area contributed by atoms with Crippen LogP contribution in [0.15, 0.2) is 24.3 Å². The summed E-state index contributed by atoms with van der Waals surface area (Å²) in [5.74, 6) is -1.00. The molecule has 8 nitrogen and oxygen atoms in total. The molecule has 0 heterocycles. The van der Waals surface area contributed by atoms with Gasteiger partial charge in [0.2, 0.25) is 11.8 Å². The zero-order valence-electron chi connectivity index (χ0n) is 21.4. The summed E-state index contributed by atoms with van der Waals surface area (Å²) >= 11 is 0. The lowest BCUT2D eigenvalue weighted by Gasteiger charge is -2.39. The third kappa shape index (κ3) is 8.59. The highest BCUT2D eigenvalue weighted by molar-refractivity contribution is 5.92. The summed E-state index contributed by atoms with van der Waals surface area (Å²) in [6, 6.07) is 3.99. The second-order valence-corrected chi connectivity index (χ2v) is 10.0. The van der Waals surface area contributed by atoms with Crippen LogP contribution in [-0.2, 0) is 14.3 Å². The van der Waals surface area contributed by atoms with Crippen molar-refractivity contribution in [2.75, 3.05) is 0 Å². The zero-order chi connectivity index (χ0) is 25.5. The number of carbonyl (C=O) groups is 3. The molecule has 8 heteroatoms. The fraction of sp³-hybridized carbons (Fsp3) is 0.640. The number of nitrogens with zero attached hydrogens (tertiary/aromatic N) is 1. The van der Waals surface area contributed by atoms with Crippen LogP contribution in [0.3, 0.4) is 0 Å². The number of ether oxygens (including phenoxy) is 1. The smallest absolute Gasteiger partial charge is 0.408 e. The van der Waals surface area contributed by atoms with Gasteiger partial charge in [0, 0.05) is 12.1 Å². The Morgan fingerprint density at radius 2 is 1.67 bits per heavy atom. The predicted octanol–water partition coefficient (Wildman–Crippen LogP) is 4.13. The monoisotopic (exact) mass is 463 g/mol. The summed E-state index contributed by atoms with van der Waals surface area (Å²) in [5.41, 5.74) is -0.228. The van der Waals surface area contributed by atoms with Crippen molar-refractivity contribution in [3.63, 3.8) is 0 Å². The minimum Gasteiger partial charge on any atom is -0.508 e. The van der Waals surface area contributed by atoms with Gasteiger partial charge in [0.05, 0.1) is 0 Å². The van der Waals surface area contributed by atoms with Gasteiger partial charge in [-0.05, 0) is 71.6 Å². The molecule has 0 saturated heterocycles. The fourth-order valence-corrected chi connectivity index (χ4v) is 3.40. The quantitative estimate of drug-likeness (QED) is 0.510. The number of hydrogen-bond donors (Lipinski definition) is 3. The molecule has 0 aliphatic carbocycles. The van der Waals surface area contributed by atoms with E-state index >= 15 is 0 Å². The van der Waals surface area contributed by atoms with Crippen LogP contribution in [0.25, 0.3) is 0 Å². The second kappa shape index (κ2) is 11.9. The maximum atomic E-state index is 13.9. The maximum absolute atomic E-state index is 13.9. The highest BCUT2D eigenvalue weighted by Gasteiger charge is 2.39. The first-order valence-corrected chi connectivity index (χ1v) is 11.6. The number of nitrogens with one attached hydrogen (secondary N) is 2. The van der Waals surface area contributed by atoms with E-state index in [1.807, 2.05) is 41.5 Å². The molecule has 0 aliphatic heterocycles. The fourth-order valence-electron chi connectivity index (χ4n) is 3.40. The van der Waals surface area contributed by atoms with E-state index in [1.54, 1.807) is 32.9 Å². The van der Waals surface area contributed by atoms with Crippen molar-refractivity contribution in [3.8, 4) is 5.75 Å². The van der Waals surface area contributed by atoms with Crippen LogP contribution in [0.5, 0.6) is 5.75 Å². The molecule has 0 aliphatic rings. The lowest BCUT2D eigenvalue weighted by Crippen LogP contribution is -2.57. The van der Waals surface area contributed by atoms with Crippen LogP contribution in [0.1, 0.15) is 80.3 Å². The molecule has 0 saturated carbocycles. The van der Waals surface area contributed by atoms with Crippen LogP contribution in [0, 0.1) is 5.92 Å². The molecule has 3 atom stereocenters. The normalized spacial score (nSPS) is 14.4. The summed E-state index contributed by atoms with van der Waals surface area (Å²) in [6.45, 7) is 16.4. The Hall–Kier alpha value is -2.77. The molecule has 3 N–H and O–H groups in total. The molecule has 1 aromatic carbocycles. The van der Waals surface area contributed by atoms with Crippen LogP contribution < -0.4 is 10.6 Å². The lowest BCUT2D eigenvalue weighted by atomic mass is 9.96. The highest BCUT2D eigenvalue weighted by atomic mass is 16.6. The molecule has 1 aromatic rings. The molecular formula is C25H41N3O5. The summed E-state index contributed by atoms with van der Waals surface area (Å²) in [6.07, 6.45) is -0.105. The van der Waals surface area contributed by atoms with Crippen molar-refractivity contribution in [2.45, 2.75) is 98.5 Å². The van der Waals surface area contributed by atoms with Crippen molar-refractivity contribution in [1.82, 2.24) is 15.5 Å². The molecular weight excluding hydrogens is 422 g/mol. The Labute approximate surface area is 198 Å². The Balaban J connectivity index is 3.49. The molecule has 0 aromatic heterocycles. The number of benzene rings is 1. The number of aromatic hydroxyl groups is 1. The second-order valence-electron chi connectivity index (χ2n) is 10.0. The van der Waals surface area contributed by atoms with E-state index in [9.17, 15) is 19.5 Å². The Bertz CT molecular complexity index is 817. The van der Waals surface area contributed by atoms with Gasteiger partial charge in [0.15, 0.2) is 0 Å². The largest absolute Gasteiger partial charge is 0.508 e. The minimum atomic E-state index is -0.983. The number of phenolic OH excluding ortho intramolecular Hbond substituents is 1. The average molecular weight is 464 g/mol. The molecule has 186 valence electrons.